The van der Waals surface area contributed by atoms with E-state index in [4.69, 9.17) is 9.57 Å². The quantitative estimate of drug-likeness (QED) is 0.375. The number of amides is 1. The summed E-state index contributed by atoms with van der Waals surface area (Å²) in [6, 6.07) is 12.2. The summed E-state index contributed by atoms with van der Waals surface area (Å²) < 4.78 is 19.6. The highest BCUT2D eigenvalue weighted by atomic mass is 19.1. The number of benzene rings is 2. The van der Waals surface area contributed by atoms with E-state index in [0.29, 0.717) is 47.8 Å². The Bertz CT molecular complexity index is 1390. The normalized spacial score (nSPS) is 18.7. The van der Waals surface area contributed by atoms with Crippen LogP contribution in [0, 0.1) is 5.82 Å². The van der Waals surface area contributed by atoms with Crippen molar-refractivity contribution in [2.75, 3.05) is 61.5 Å². The summed E-state index contributed by atoms with van der Waals surface area (Å²) >= 11 is 0. The van der Waals surface area contributed by atoms with Gasteiger partial charge in [-0.3, -0.25) is 9.63 Å². The maximum atomic E-state index is 13.9. The molecule has 2 atom stereocenters. The molecular formula is C29H34FN7O3. The largest absolute Gasteiger partial charge is 0.494 e. The van der Waals surface area contributed by atoms with Gasteiger partial charge < -0.3 is 25.2 Å². The van der Waals surface area contributed by atoms with Crippen LogP contribution >= 0.6 is 0 Å². The first-order valence-corrected chi connectivity index (χ1v) is 13.2. The second kappa shape index (κ2) is 11.9. The second-order valence-corrected chi connectivity index (χ2v) is 10.0. The molecule has 2 aliphatic rings. The molecule has 2 fully saturated rings. The van der Waals surface area contributed by atoms with Gasteiger partial charge in [0.2, 0.25) is 5.91 Å². The number of nitrogens with zero attached hydrogens (tertiary/aromatic N) is 5. The van der Waals surface area contributed by atoms with E-state index in [1.165, 1.54) is 24.5 Å². The van der Waals surface area contributed by atoms with E-state index >= 15 is 0 Å². The molecule has 5 rings (SSSR count). The van der Waals surface area contributed by atoms with Crippen molar-refractivity contribution in [3.05, 3.63) is 72.8 Å². The van der Waals surface area contributed by atoms with Gasteiger partial charge in [-0.2, -0.15) is 0 Å². The van der Waals surface area contributed by atoms with Crippen LogP contribution in [0.2, 0.25) is 0 Å². The molecule has 10 nitrogen and oxygen atoms in total. The van der Waals surface area contributed by atoms with Crippen molar-refractivity contribution in [1.82, 2.24) is 14.9 Å². The molecule has 0 saturated carbocycles. The molecule has 0 spiro atoms. The van der Waals surface area contributed by atoms with Crippen molar-refractivity contribution < 1.29 is 18.8 Å². The number of ether oxygens (including phenoxy) is 1. The Kier molecular flexibility index (Phi) is 8.13. The van der Waals surface area contributed by atoms with Gasteiger partial charge in [-0.15, -0.1) is 0 Å². The van der Waals surface area contributed by atoms with Crippen LogP contribution in [0.5, 0.6) is 5.75 Å². The Balaban J connectivity index is 1.44. The third-order valence-electron chi connectivity index (χ3n) is 7.27. The van der Waals surface area contributed by atoms with Gasteiger partial charge in [0.25, 0.3) is 0 Å². The van der Waals surface area contributed by atoms with E-state index in [2.05, 4.69) is 51.1 Å². The Morgan fingerprint density at radius 3 is 2.77 bits per heavy atom. The number of methoxy groups -OCH3 is 1. The first-order chi connectivity index (χ1) is 19.4. The third kappa shape index (κ3) is 5.85. The number of carbonyl (C=O) groups is 1. The average Bonchev–Trinajstić information content (AvgIpc) is 3.64. The lowest BCUT2D eigenvalue weighted by molar-refractivity contribution is -0.111. The molecule has 11 heteroatoms. The average molecular weight is 548 g/mol. The van der Waals surface area contributed by atoms with Crippen molar-refractivity contribution in [3.8, 4) is 5.75 Å². The molecular weight excluding hydrogens is 513 g/mol. The van der Waals surface area contributed by atoms with E-state index in [9.17, 15) is 9.18 Å². The summed E-state index contributed by atoms with van der Waals surface area (Å²) in [7, 11) is 5.75. The lowest BCUT2D eigenvalue weighted by Crippen LogP contribution is -2.31. The molecule has 1 aromatic heterocycles. The number of likely N-dealkylation sites (N-methyl/N-ethyl adjacent to an activating group) is 1. The van der Waals surface area contributed by atoms with Crippen molar-refractivity contribution in [1.29, 1.82) is 0 Å². The van der Waals surface area contributed by atoms with Gasteiger partial charge >= 0.3 is 0 Å². The van der Waals surface area contributed by atoms with E-state index in [-0.39, 0.29) is 17.8 Å². The molecule has 3 aromatic rings. The van der Waals surface area contributed by atoms with Crippen molar-refractivity contribution in [3.63, 3.8) is 0 Å². The van der Waals surface area contributed by atoms with Crippen LogP contribution in [0.3, 0.4) is 0 Å². The van der Waals surface area contributed by atoms with Crippen LogP contribution in [0.1, 0.15) is 24.4 Å². The van der Waals surface area contributed by atoms with Crippen LogP contribution in [0.25, 0.3) is 0 Å². The Labute approximate surface area is 233 Å². The number of rotatable bonds is 9. The number of anilines is 5. The monoisotopic (exact) mass is 547 g/mol. The summed E-state index contributed by atoms with van der Waals surface area (Å²) in [4.78, 5) is 31.5. The fourth-order valence-electron chi connectivity index (χ4n) is 5.15. The molecule has 2 saturated heterocycles. The molecule has 40 heavy (non-hydrogen) atoms. The summed E-state index contributed by atoms with van der Waals surface area (Å²) in [5.41, 5.74) is 2.93. The van der Waals surface area contributed by atoms with Gasteiger partial charge in [0.05, 0.1) is 36.8 Å². The predicted molar refractivity (Wildman–Crippen MR) is 154 cm³/mol. The lowest BCUT2D eigenvalue weighted by atomic mass is 10.0. The standard InChI is InChI=1S/C29H34FN7O3/c1-5-29(38)34-22-14-23(26(39-4)15-25(22)36-11-9-21(17-36)35(2)3)33-27-16-28(32-18-31-27)37-24(10-12-40-37)19-7-6-8-20(30)13-19/h5-8,13-16,18,21,24H,1,9-12,17H2,2-4H3,(H,34,38)(H,31,32,33)/t21-,24+/m0/s1. The summed E-state index contributed by atoms with van der Waals surface area (Å²) in [6.45, 7) is 5.77. The van der Waals surface area contributed by atoms with E-state index in [0.717, 1.165) is 30.8 Å². The molecule has 2 aromatic carbocycles. The molecule has 210 valence electrons. The zero-order valence-corrected chi connectivity index (χ0v) is 22.9. The molecule has 0 radical (unpaired) electrons. The minimum absolute atomic E-state index is 0.181. The highest BCUT2D eigenvalue weighted by molar-refractivity contribution is 6.02. The van der Waals surface area contributed by atoms with Gasteiger partial charge in [-0.05, 0) is 50.4 Å². The first kappa shape index (κ1) is 27.4. The summed E-state index contributed by atoms with van der Waals surface area (Å²) in [6.07, 6.45) is 4.40. The molecule has 0 bridgehead atoms. The molecule has 1 amide bonds. The Morgan fingerprint density at radius 2 is 2.05 bits per heavy atom. The number of hydrogen-bond acceptors (Lipinski definition) is 9. The van der Waals surface area contributed by atoms with E-state index in [1.807, 2.05) is 18.2 Å². The van der Waals surface area contributed by atoms with Crippen molar-refractivity contribution in [2.24, 2.45) is 0 Å². The van der Waals surface area contributed by atoms with Crippen molar-refractivity contribution >= 4 is 34.6 Å². The number of hydrogen-bond donors (Lipinski definition) is 2. The zero-order chi connectivity index (χ0) is 28.2. The van der Waals surface area contributed by atoms with Crippen LogP contribution in [0.15, 0.2) is 61.4 Å². The highest BCUT2D eigenvalue weighted by Gasteiger charge is 2.30. The van der Waals surface area contributed by atoms with Crippen LogP contribution < -0.4 is 25.3 Å². The van der Waals surface area contributed by atoms with Gasteiger partial charge in [0.1, 0.15) is 23.7 Å². The number of nitrogens with one attached hydrogen (secondary N) is 2. The van der Waals surface area contributed by atoms with Gasteiger partial charge in [-0.25, -0.2) is 19.4 Å². The van der Waals surface area contributed by atoms with Gasteiger partial charge in [0.15, 0.2) is 5.82 Å². The summed E-state index contributed by atoms with van der Waals surface area (Å²) in [5, 5.41) is 7.94. The fraction of sp³-hybridized carbons (Fsp3) is 0.345. The maximum Gasteiger partial charge on any atom is 0.247 e. The maximum absolute atomic E-state index is 13.9. The highest BCUT2D eigenvalue weighted by Crippen LogP contribution is 2.40. The van der Waals surface area contributed by atoms with Crippen LogP contribution in [0.4, 0.5) is 33.1 Å². The zero-order valence-electron chi connectivity index (χ0n) is 22.9. The molecule has 3 heterocycles. The predicted octanol–water partition coefficient (Wildman–Crippen LogP) is 4.52. The van der Waals surface area contributed by atoms with Crippen LogP contribution in [-0.2, 0) is 9.63 Å². The molecule has 0 aliphatic carbocycles. The van der Waals surface area contributed by atoms with E-state index in [1.54, 1.807) is 24.3 Å². The fourth-order valence-corrected chi connectivity index (χ4v) is 5.15. The number of halogens is 1. The smallest absolute Gasteiger partial charge is 0.247 e. The number of aromatic nitrogens is 2. The van der Waals surface area contributed by atoms with Crippen LogP contribution in [-0.4, -0.2) is 67.7 Å². The minimum Gasteiger partial charge on any atom is -0.494 e. The Hall–Kier alpha value is -4.22. The topological polar surface area (TPSA) is 95.1 Å². The number of hydroxylamine groups is 1. The second-order valence-electron chi connectivity index (χ2n) is 10.0. The van der Waals surface area contributed by atoms with Gasteiger partial charge in [-0.1, -0.05) is 18.7 Å². The van der Waals surface area contributed by atoms with Crippen molar-refractivity contribution in [2.45, 2.75) is 24.9 Å². The van der Waals surface area contributed by atoms with Gasteiger partial charge in [0, 0.05) is 37.7 Å². The lowest BCUT2D eigenvalue weighted by Gasteiger charge is -2.26. The summed E-state index contributed by atoms with van der Waals surface area (Å²) in [5.74, 6) is 1.02. The SMILES string of the molecule is C=CC(=O)Nc1cc(Nc2cc(N3OCC[C@@H]3c3cccc(F)c3)ncn2)c(OC)cc1N1CC[C@H](N(C)C)C1. The van der Waals surface area contributed by atoms with E-state index < -0.39 is 0 Å². The molecule has 2 aliphatic heterocycles. The first-order valence-electron chi connectivity index (χ1n) is 13.2. The number of carbonyl (C=O) groups excluding carboxylic acids is 1. The Morgan fingerprint density at radius 1 is 1.20 bits per heavy atom. The minimum atomic E-state index is -0.306. The molecule has 2 N–H and O–H groups in total. The molecule has 0 unspecified atom stereocenters. The third-order valence-corrected chi connectivity index (χ3v) is 7.27.